The van der Waals surface area contributed by atoms with Crippen LogP contribution in [0.1, 0.15) is 17.5 Å². The topological polar surface area (TPSA) is 29.0 Å². The Morgan fingerprint density at radius 3 is 2.19 bits per heavy atom. The molecule has 36 heavy (non-hydrogen) atoms. The second-order valence-electron chi connectivity index (χ2n) is 9.52. The minimum absolute atomic E-state index is 0.544. The Bertz CT molecular complexity index is 1580. The number of aryl methyl sites for hydroxylation is 1. The summed E-state index contributed by atoms with van der Waals surface area (Å²) in [6.07, 6.45) is 10.9. The van der Waals surface area contributed by atoms with Crippen molar-refractivity contribution < 1.29 is 0 Å². The Hall–Kier alpha value is -4.24. The molecule has 1 unspecified atom stereocenters. The van der Waals surface area contributed by atoms with Gasteiger partial charge in [-0.3, -0.25) is 9.97 Å². The average molecular weight is 468 g/mol. The van der Waals surface area contributed by atoms with Crippen molar-refractivity contribution in [1.29, 1.82) is 0 Å². The van der Waals surface area contributed by atoms with Gasteiger partial charge in [-0.2, -0.15) is 0 Å². The van der Waals surface area contributed by atoms with Gasteiger partial charge in [-0.1, -0.05) is 72.8 Å². The van der Waals surface area contributed by atoms with Crippen LogP contribution in [-0.4, -0.2) is 23.1 Å². The fourth-order valence-corrected chi connectivity index (χ4v) is 5.50. The summed E-state index contributed by atoms with van der Waals surface area (Å²) in [5.74, 6) is 0. The monoisotopic (exact) mass is 467 g/mol. The van der Waals surface area contributed by atoms with Crippen molar-refractivity contribution in [3.8, 4) is 0 Å². The Morgan fingerprint density at radius 1 is 0.639 bits per heavy atom. The molecule has 0 aliphatic heterocycles. The molecule has 1 aliphatic carbocycles. The summed E-state index contributed by atoms with van der Waals surface area (Å²) in [7, 11) is 2.21. The van der Waals surface area contributed by atoms with E-state index in [1.54, 1.807) is 5.56 Å². The third-order valence-corrected chi connectivity index (χ3v) is 7.49. The lowest BCUT2D eigenvalue weighted by Crippen LogP contribution is -2.36. The van der Waals surface area contributed by atoms with E-state index in [1.165, 1.54) is 50.0 Å². The van der Waals surface area contributed by atoms with E-state index >= 15 is 0 Å². The quantitative estimate of drug-likeness (QED) is 0.245. The minimum atomic E-state index is 0.544. The number of pyridine rings is 2. The molecular formula is C33H29N3. The van der Waals surface area contributed by atoms with E-state index in [-0.39, 0.29) is 0 Å². The molecule has 4 aromatic carbocycles. The molecular weight excluding hydrogens is 438 g/mol. The van der Waals surface area contributed by atoms with Gasteiger partial charge in [0.15, 0.2) is 0 Å². The van der Waals surface area contributed by atoms with Gasteiger partial charge in [-0.15, -0.1) is 0 Å². The average Bonchev–Trinajstić information content (AvgIpc) is 2.97. The number of aromatic nitrogens is 2. The number of hydrogen-bond donors (Lipinski definition) is 0. The van der Waals surface area contributed by atoms with E-state index in [0.717, 1.165) is 12.8 Å². The normalized spacial score (nSPS) is 14.8. The fourth-order valence-electron chi connectivity index (χ4n) is 5.50. The first kappa shape index (κ1) is 22.2. The van der Waals surface area contributed by atoms with Gasteiger partial charge in [0.2, 0.25) is 0 Å². The molecule has 3 nitrogen and oxygen atoms in total. The van der Waals surface area contributed by atoms with Crippen molar-refractivity contribution in [2.75, 3.05) is 11.9 Å². The van der Waals surface area contributed by atoms with Gasteiger partial charge in [0.25, 0.3) is 0 Å². The highest BCUT2D eigenvalue weighted by Crippen LogP contribution is 2.34. The van der Waals surface area contributed by atoms with E-state index in [9.17, 15) is 0 Å². The summed E-state index contributed by atoms with van der Waals surface area (Å²) in [4.78, 5) is 10.6. The third kappa shape index (κ3) is 4.29. The second-order valence-corrected chi connectivity index (χ2v) is 9.52. The first-order valence-electron chi connectivity index (χ1n) is 12.6. The Kier molecular flexibility index (Phi) is 6.05. The van der Waals surface area contributed by atoms with Crippen LogP contribution >= 0.6 is 0 Å². The van der Waals surface area contributed by atoms with E-state index in [4.69, 9.17) is 0 Å². The van der Waals surface area contributed by atoms with Crippen LogP contribution in [0.25, 0.3) is 32.3 Å². The molecule has 2 aromatic heterocycles. The van der Waals surface area contributed by atoms with Crippen molar-refractivity contribution in [1.82, 2.24) is 9.97 Å². The van der Waals surface area contributed by atoms with Gasteiger partial charge in [-0.25, -0.2) is 0 Å². The summed E-state index contributed by atoms with van der Waals surface area (Å²) < 4.78 is 0. The van der Waals surface area contributed by atoms with Crippen LogP contribution in [0.2, 0.25) is 0 Å². The predicted molar refractivity (Wildman–Crippen MR) is 152 cm³/mol. The van der Waals surface area contributed by atoms with Gasteiger partial charge in [0.1, 0.15) is 0 Å². The van der Waals surface area contributed by atoms with Crippen LogP contribution in [0, 0.1) is 0 Å². The number of benzene rings is 4. The zero-order valence-corrected chi connectivity index (χ0v) is 20.5. The zero-order valence-electron chi connectivity index (χ0n) is 20.5. The Labute approximate surface area is 212 Å². The van der Waals surface area contributed by atoms with Crippen molar-refractivity contribution in [3.05, 3.63) is 127 Å². The number of hydrogen-bond acceptors (Lipinski definition) is 3. The molecule has 0 radical (unpaired) electrons. The first-order chi connectivity index (χ1) is 17.8. The number of anilines is 1. The maximum absolute atomic E-state index is 4.14. The van der Waals surface area contributed by atoms with E-state index < -0.39 is 0 Å². The summed E-state index contributed by atoms with van der Waals surface area (Å²) in [5, 5.41) is 7.96. The van der Waals surface area contributed by atoms with Crippen LogP contribution in [-0.2, 0) is 12.8 Å². The lowest BCUT2D eigenvalue weighted by atomic mass is 9.83. The number of fused-ring (bicyclic) bond motifs is 6. The van der Waals surface area contributed by atoms with Gasteiger partial charge in [0, 0.05) is 43.6 Å². The van der Waals surface area contributed by atoms with Crippen LogP contribution in [0.15, 0.2) is 116 Å². The smallest absolute Gasteiger partial charge is 0.0397 e. The summed E-state index contributed by atoms with van der Waals surface area (Å²) in [6.45, 7) is 0. The van der Waals surface area contributed by atoms with E-state index in [1.807, 2.05) is 43.0 Å². The maximum Gasteiger partial charge on any atom is 0.0397 e. The summed E-state index contributed by atoms with van der Waals surface area (Å²) in [6, 6.07) is 32.9. The molecule has 0 saturated carbocycles. The summed E-state index contributed by atoms with van der Waals surface area (Å²) >= 11 is 0. The largest absolute Gasteiger partial charge is 0.371 e. The lowest BCUT2D eigenvalue weighted by Gasteiger charge is -2.34. The second kappa shape index (κ2) is 9.79. The molecule has 0 amide bonds. The maximum atomic E-state index is 4.14. The fraction of sp³-hybridized carbons (Fsp3) is 0.152. The van der Waals surface area contributed by atoms with Crippen molar-refractivity contribution in [3.63, 3.8) is 0 Å². The molecule has 1 atom stereocenters. The van der Waals surface area contributed by atoms with Gasteiger partial charge < -0.3 is 4.90 Å². The molecule has 176 valence electrons. The lowest BCUT2D eigenvalue weighted by molar-refractivity contribution is 0.550. The molecule has 0 spiro atoms. The van der Waals surface area contributed by atoms with Gasteiger partial charge in [-0.05, 0) is 80.9 Å². The van der Waals surface area contributed by atoms with Crippen molar-refractivity contribution in [2.24, 2.45) is 0 Å². The van der Waals surface area contributed by atoms with Gasteiger partial charge >= 0.3 is 0 Å². The van der Waals surface area contributed by atoms with Crippen LogP contribution in [0.3, 0.4) is 0 Å². The number of nitrogens with zero attached hydrogens (tertiary/aromatic N) is 3. The number of rotatable bonds is 2. The Balaban J connectivity index is 0.000000200. The van der Waals surface area contributed by atoms with Crippen molar-refractivity contribution in [2.45, 2.75) is 25.3 Å². The van der Waals surface area contributed by atoms with Gasteiger partial charge in [0.05, 0.1) is 0 Å². The minimum Gasteiger partial charge on any atom is -0.371 e. The molecule has 3 heteroatoms. The summed E-state index contributed by atoms with van der Waals surface area (Å²) in [5.41, 5.74) is 4.30. The molecule has 6 aromatic rings. The molecule has 0 N–H and O–H groups in total. The van der Waals surface area contributed by atoms with Crippen LogP contribution in [0.4, 0.5) is 5.69 Å². The zero-order chi connectivity index (χ0) is 24.3. The molecule has 2 heterocycles. The first-order valence-corrected chi connectivity index (χ1v) is 12.6. The Morgan fingerprint density at radius 2 is 1.36 bits per heavy atom. The molecule has 0 saturated heterocycles. The SMILES string of the molecule is CN(c1ccncc1)C1CCc2c(ccc3c2ccc2ccccc23)C1.c1ccc2cnccc2c1. The van der Waals surface area contributed by atoms with Crippen molar-refractivity contribution >= 4 is 38.0 Å². The van der Waals surface area contributed by atoms with Crippen LogP contribution < -0.4 is 4.90 Å². The third-order valence-electron chi connectivity index (χ3n) is 7.49. The molecule has 0 fully saturated rings. The van der Waals surface area contributed by atoms with Crippen LogP contribution in [0.5, 0.6) is 0 Å². The van der Waals surface area contributed by atoms with E-state index in [2.05, 4.69) is 94.7 Å². The molecule has 7 rings (SSSR count). The highest BCUT2D eigenvalue weighted by molar-refractivity contribution is 6.08. The standard InChI is InChI=1S/C24H22N2.C9H7N/c1-26(19-12-14-25-15-13-19)20-8-11-22-18(16-20)7-10-23-21-5-3-2-4-17(21)6-9-24(22)23;1-2-4-9-7-10-6-5-8(9)3-1/h2-7,9-10,12-15,20H,8,11,16H2,1H3;1-7H. The van der Waals surface area contributed by atoms with E-state index in [0.29, 0.717) is 6.04 Å². The highest BCUT2D eigenvalue weighted by atomic mass is 15.1. The number of likely N-dealkylation sites (N-methyl/N-ethyl adjacent to an activating group) is 1. The highest BCUT2D eigenvalue weighted by Gasteiger charge is 2.24. The molecule has 0 bridgehead atoms. The predicted octanol–water partition coefficient (Wildman–Crippen LogP) is 7.62. The molecule has 1 aliphatic rings.